The third kappa shape index (κ3) is 4.29. The van der Waals surface area contributed by atoms with Crippen molar-refractivity contribution in [1.82, 2.24) is 5.32 Å². The van der Waals surface area contributed by atoms with Crippen molar-refractivity contribution in [2.24, 2.45) is 0 Å². The summed E-state index contributed by atoms with van der Waals surface area (Å²) >= 11 is 14.4. The largest absolute Gasteiger partial charge is 0.307 e. The Kier molecular flexibility index (Phi) is 5.88. The molecule has 19 heavy (non-hydrogen) atoms. The highest BCUT2D eigenvalue weighted by atomic mass is 35.5. The molecule has 1 aromatic rings. The van der Waals surface area contributed by atoms with Gasteiger partial charge in [0.05, 0.1) is 0 Å². The number of hydrogen-bond donors (Lipinski definition) is 1. The first-order valence-corrected chi connectivity index (χ1v) is 8.73. The zero-order valence-corrected chi connectivity index (χ0v) is 13.8. The predicted octanol–water partition coefficient (Wildman–Crippen LogP) is 5.32. The molecule has 1 nitrogen and oxygen atoms in total. The number of benzene rings is 1. The maximum atomic E-state index is 6.25. The van der Waals surface area contributed by atoms with Crippen LogP contribution in [0.5, 0.6) is 0 Å². The molecule has 1 fully saturated rings. The van der Waals surface area contributed by atoms with Crippen LogP contribution in [0.3, 0.4) is 0 Å². The Morgan fingerprint density at radius 2 is 2.16 bits per heavy atom. The Balaban J connectivity index is 1.94. The molecule has 3 unspecified atom stereocenters. The third-order valence-corrected chi connectivity index (χ3v) is 5.51. The van der Waals surface area contributed by atoms with E-state index in [9.17, 15) is 0 Å². The summed E-state index contributed by atoms with van der Waals surface area (Å²) in [6.07, 6.45) is 3.85. The van der Waals surface area contributed by atoms with E-state index < -0.39 is 0 Å². The van der Waals surface area contributed by atoms with Gasteiger partial charge in [-0.15, -0.1) is 0 Å². The Morgan fingerprint density at radius 3 is 2.89 bits per heavy atom. The van der Waals surface area contributed by atoms with Crippen LogP contribution in [0.25, 0.3) is 0 Å². The molecule has 4 heteroatoms. The van der Waals surface area contributed by atoms with Crippen molar-refractivity contribution >= 4 is 35.0 Å². The van der Waals surface area contributed by atoms with E-state index in [2.05, 4.69) is 30.9 Å². The molecule has 0 amide bonds. The SMILES string of the molecule is CCSC1CCC(NC(C)c2cc(Cl)ccc2Cl)C1. The fourth-order valence-corrected chi connectivity index (χ4v) is 4.37. The van der Waals surface area contributed by atoms with Crippen LogP contribution in [0, 0.1) is 0 Å². The minimum atomic E-state index is 0.251. The van der Waals surface area contributed by atoms with E-state index in [4.69, 9.17) is 23.2 Å². The molecule has 2 rings (SSSR count). The van der Waals surface area contributed by atoms with E-state index in [0.717, 1.165) is 20.9 Å². The molecule has 0 heterocycles. The highest BCUT2D eigenvalue weighted by Crippen LogP contribution is 2.32. The summed E-state index contributed by atoms with van der Waals surface area (Å²) in [5, 5.41) is 6.06. The highest BCUT2D eigenvalue weighted by Gasteiger charge is 2.26. The number of thioether (sulfide) groups is 1. The number of hydrogen-bond acceptors (Lipinski definition) is 2. The fraction of sp³-hybridized carbons (Fsp3) is 0.600. The lowest BCUT2D eigenvalue weighted by atomic mass is 10.1. The summed E-state index contributed by atoms with van der Waals surface area (Å²) in [7, 11) is 0. The topological polar surface area (TPSA) is 12.0 Å². The Hall–Kier alpha value is 0.110. The maximum absolute atomic E-state index is 6.25. The molecule has 1 saturated carbocycles. The van der Waals surface area contributed by atoms with Crippen LogP contribution in [-0.4, -0.2) is 17.0 Å². The molecule has 106 valence electrons. The van der Waals surface area contributed by atoms with Gasteiger partial charge in [0.25, 0.3) is 0 Å². The second-order valence-corrected chi connectivity index (χ2v) is 7.56. The van der Waals surface area contributed by atoms with E-state index in [1.807, 2.05) is 18.2 Å². The summed E-state index contributed by atoms with van der Waals surface area (Å²) in [5.74, 6) is 1.22. The van der Waals surface area contributed by atoms with E-state index in [0.29, 0.717) is 6.04 Å². The van der Waals surface area contributed by atoms with Gasteiger partial charge in [0.15, 0.2) is 0 Å². The first kappa shape index (κ1) is 15.5. The third-order valence-electron chi connectivity index (χ3n) is 3.70. The van der Waals surface area contributed by atoms with Gasteiger partial charge in [-0.3, -0.25) is 0 Å². The van der Waals surface area contributed by atoms with Gasteiger partial charge in [-0.05, 0) is 55.7 Å². The van der Waals surface area contributed by atoms with Crippen LogP contribution in [0.15, 0.2) is 18.2 Å². The van der Waals surface area contributed by atoms with Gasteiger partial charge >= 0.3 is 0 Å². The second kappa shape index (κ2) is 7.21. The van der Waals surface area contributed by atoms with Gasteiger partial charge in [0.1, 0.15) is 0 Å². The molecule has 0 aliphatic heterocycles. The summed E-state index contributed by atoms with van der Waals surface area (Å²) in [6, 6.07) is 6.54. The maximum Gasteiger partial charge on any atom is 0.0454 e. The average molecular weight is 318 g/mol. The second-order valence-electron chi connectivity index (χ2n) is 5.14. The van der Waals surface area contributed by atoms with Gasteiger partial charge in [-0.2, -0.15) is 11.8 Å². The van der Waals surface area contributed by atoms with E-state index >= 15 is 0 Å². The molecule has 1 aliphatic carbocycles. The zero-order valence-electron chi connectivity index (χ0n) is 11.5. The van der Waals surface area contributed by atoms with Crippen LogP contribution in [0.2, 0.25) is 10.0 Å². The molecule has 1 N–H and O–H groups in total. The summed E-state index contributed by atoms with van der Waals surface area (Å²) in [5.41, 5.74) is 1.10. The first-order valence-electron chi connectivity index (χ1n) is 6.92. The summed E-state index contributed by atoms with van der Waals surface area (Å²) in [6.45, 7) is 4.40. The molecule has 1 aromatic carbocycles. The molecule has 3 atom stereocenters. The van der Waals surface area contributed by atoms with Gasteiger partial charge in [-0.1, -0.05) is 30.1 Å². The lowest BCUT2D eigenvalue weighted by Gasteiger charge is -2.21. The lowest BCUT2D eigenvalue weighted by Crippen LogP contribution is -2.29. The minimum absolute atomic E-state index is 0.251. The molecule has 0 radical (unpaired) electrons. The Labute approximate surface area is 130 Å². The van der Waals surface area contributed by atoms with Gasteiger partial charge in [0, 0.05) is 27.4 Å². The van der Waals surface area contributed by atoms with Crippen molar-refractivity contribution in [3.63, 3.8) is 0 Å². The summed E-state index contributed by atoms with van der Waals surface area (Å²) < 4.78 is 0. The van der Waals surface area contributed by atoms with Crippen LogP contribution < -0.4 is 5.32 Å². The number of halogens is 2. The standard InChI is InChI=1S/C15H21Cl2NS/c1-3-19-13-6-5-12(9-13)18-10(2)14-8-11(16)4-7-15(14)17/h4,7-8,10,12-13,18H,3,5-6,9H2,1-2H3. The van der Waals surface area contributed by atoms with Gasteiger partial charge in [0.2, 0.25) is 0 Å². The average Bonchev–Trinajstić information content (AvgIpc) is 2.80. The smallest absolute Gasteiger partial charge is 0.0454 e. The fourth-order valence-electron chi connectivity index (χ4n) is 2.77. The van der Waals surface area contributed by atoms with Crippen molar-refractivity contribution in [3.05, 3.63) is 33.8 Å². The van der Waals surface area contributed by atoms with Crippen molar-refractivity contribution in [2.45, 2.75) is 50.4 Å². The van der Waals surface area contributed by atoms with Crippen LogP contribution >= 0.6 is 35.0 Å². The molecule has 1 aliphatic rings. The van der Waals surface area contributed by atoms with E-state index in [-0.39, 0.29) is 6.04 Å². The molecule has 0 saturated heterocycles. The van der Waals surface area contributed by atoms with Crippen molar-refractivity contribution in [3.8, 4) is 0 Å². The van der Waals surface area contributed by atoms with E-state index in [1.54, 1.807) is 0 Å². The molecule has 0 aromatic heterocycles. The molecular weight excluding hydrogens is 297 g/mol. The monoisotopic (exact) mass is 317 g/mol. The number of rotatable bonds is 5. The molecule has 0 bridgehead atoms. The molecular formula is C15H21Cl2NS. The Bertz CT molecular complexity index is 425. The van der Waals surface area contributed by atoms with Gasteiger partial charge < -0.3 is 5.32 Å². The summed E-state index contributed by atoms with van der Waals surface area (Å²) in [4.78, 5) is 0. The van der Waals surface area contributed by atoms with Crippen LogP contribution in [-0.2, 0) is 0 Å². The highest BCUT2D eigenvalue weighted by molar-refractivity contribution is 7.99. The quantitative estimate of drug-likeness (QED) is 0.789. The van der Waals surface area contributed by atoms with E-state index in [1.165, 1.54) is 25.0 Å². The minimum Gasteiger partial charge on any atom is -0.307 e. The predicted molar refractivity (Wildman–Crippen MR) is 87.6 cm³/mol. The van der Waals surface area contributed by atoms with Crippen molar-refractivity contribution < 1.29 is 0 Å². The molecule has 0 spiro atoms. The van der Waals surface area contributed by atoms with Crippen molar-refractivity contribution in [2.75, 3.05) is 5.75 Å². The van der Waals surface area contributed by atoms with Crippen LogP contribution in [0.4, 0.5) is 0 Å². The number of nitrogens with one attached hydrogen (secondary N) is 1. The van der Waals surface area contributed by atoms with Crippen LogP contribution in [0.1, 0.15) is 44.7 Å². The lowest BCUT2D eigenvalue weighted by molar-refractivity contribution is 0.462. The normalized spacial score (nSPS) is 24.6. The Morgan fingerprint density at radius 1 is 1.37 bits per heavy atom. The van der Waals surface area contributed by atoms with Gasteiger partial charge in [-0.25, -0.2) is 0 Å². The zero-order chi connectivity index (χ0) is 13.8. The van der Waals surface area contributed by atoms with Crippen molar-refractivity contribution in [1.29, 1.82) is 0 Å². The first-order chi connectivity index (χ1) is 9.10.